The third-order valence-corrected chi connectivity index (χ3v) is 7.26. The zero-order valence-electron chi connectivity index (χ0n) is 16.7. The monoisotopic (exact) mass is 405 g/mol. The molecule has 0 aliphatic carbocycles. The highest BCUT2D eigenvalue weighted by atomic mass is 32.2. The van der Waals surface area contributed by atoms with Gasteiger partial charge in [0.1, 0.15) is 23.3 Å². The number of aryl methyl sites for hydroxylation is 3. The molecule has 4 rings (SSSR count). The van der Waals surface area contributed by atoms with Crippen LogP contribution in [0.5, 0.6) is 0 Å². The van der Waals surface area contributed by atoms with Crippen molar-refractivity contribution in [3.05, 3.63) is 23.9 Å². The van der Waals surface area contributed by atoms with Crippen molar-refractivity contribution >= 4 is 21.7 Å². The predicted octanol–water partition coefficient (Wildman–Crippen LogP) is 0.938. The van der Waals surface area contributed by atoms with Crippen LogP contribution < -0.4 is 9.80 Å². The Hall–Kier alpha value is -2.20. The number of nitrogens with zero attached hydrogens (tertiary/aromatic N) is 7. The first-order chi connectivity index (χ1) is 13.3. The summed E-state index contributed by atoms with van der Waals surface area (Å²) in [6.07, 6.45) is 3.97. The first kappa shape index (κ1) is 19.1. The van der Waals surface area contributed by atoms with Crippen LogP contribution >= 0.6 is 0 Å². The Bertz CT molecular complexity index is 939. The summed E-state index contributed by atoms with van der Waals surface area (Å²) in [5, 5.41) is 0.121. The Kier molecular flexibility index (Phi) is 5.00. The van der Waals surface area contributed by atoms with Crippen LogP contribution in [-0.4, -0.2) is 71.5 Å². The standard InChI is InChI=1S/C18H27N7O2S/c1-14-19-16(23-6-4-5-7-23)12-17(20-14)24-8-10-25(11-9-24)28(26,27)18-13-22(3)15(2)21-18/h12-13H,4-11H2,1-3H3. The second kappa shape index (κ2) is 7.32. The van der Waals surface area contributed by atoms with Crippen LogP contribution in [0.4, 0.5) is 11.6 Å². The Labute approximate surface area is 166 Å². The molecule has 9 nitrogen and oxygen atoms in total. The van der Waals surface area contributed by atoms with Gasteiger partial charge in [0.05, 0.1) is 0 Å². The minimum atomic E-state index is -3.56. The molecule has 0 saturated carbocycles. The van der Waals surface area contributed by atoms with E-state index in [4.69, 9.17) is 0 Å². The van der Waals surface area contributed by atoms with Crippen LogP contribution in [0.15, 0.2) is 17.3 Å². The summed E-state index contributed by atoms with van der Waals surface area (Å²) in [5.74, 6) is 3.28. The largest absolute Gasteiger partial charge is 0.356 e. The van der Waals surface area contributed by atoms with Crippen molar-refractivity contribution < 1.29 is 8.42 Å². The van der Waals surface area contributed by atoms with Crippen molar-refractivity contribution in [2.45, 2.75) is 31.7 Å². The molecule has 2 aliphatic rings. The quantitative estimate of drug-likeness (QED) is 0.748. The van der Waals surface area contributed by atoms with Gasteiger partial charge in [-0.15, -0.1) is 0 Å². The minimum absolute atomic E-state index is 0.121. The highest BCUT2D eigenvalue weighted by Crippen LogP contribution is 2.24. The Morgan fingerprint density at radius 3 is 1.96 bits per heavy atom. The maximum Gasteiger partial charge on any atom is 0.262 e. The molecule has 0 unspecified atom stereocenters. The van der Waals surface area contributed by atoms with Crippen molar-refractivity contribution in [3.8, 4) is 0 Å². The predicted molar refractivity (Wildman–Crippen MR) is 107 cm³/mol. The molecule has 0 atom stereocenters. The number of anilines is 2. The first-order valence-electron chi connectivity index (χ1n) is 9.70. The van der Waals surface area contributed by atoms with Gasteiger partial charge < -0.3 is 14.4 Å². The van der Waals surface area contributed by atoms with Crippen LogP contribution in [0.25, 0.3) is 0 Å². The van der Waals surface area contributed by atoms with Crippen LogP contribution in [0.2, 0.25) is 0 Å². The zero-order chi connectivity index (χ0) is 19.9. The van der Waals surface area contributed by atoms with E-state index in [0.29, 0.717) is 32.0 Å². The SMILES string of the molecule is Cc1nc(N2CCCC2)cc(N2CCN(S(=O)(=O)c3cn(C)c(C)n3)CC2)n1. The molecule has 0 radical (unpaired) electrons. The van der Waals surface area contributed by atoms with Crippen molar-refractivity contribution in [1.29, 1.82) is 0 Å². The number of rotatable bonds is 4. The van der Waals surface area contributed by atoms with Crippen molar-refractivity contribution in [2.75, 3.05) is 49.1 Å². The van der Waals surface area contributed by atoms with Gasteiger partial charge in [-0.2, -0.15) is 4.31 Å². The van der Waals surface area contributed by atoms with Crippen LogP contribution in [0.3, 0.4) is 0 Å². The van der Waals surface area contributed by atoms with Crippen LogP contribution in [0, 0.1) is 13.8 Å². The van der Waals surface area contributed by atoms with E-state index in [1.807, 2.05) is 13.0 Å². The average molecular weight is 406 g/mol. The highest BCUT2D eigenvalue weighted by molar-refractivity contribution is 7.89. The molecule has 2 fully saturated rings. The third-order valence-electron chi connectivity index (χ3n) is 5.49. The van der Waals surface area contributed by atoms with E-state index >= 15 is 0 Å². The van der Waals surface area contributed by atoms with Crippen molar-refractivity contribution in [1.82, 2.24) is 23.8 Å². The van der Waals surface area contributed by atoms with Gasteiger partial charge in [-0.25, -0.2) is 23.4 Å². The highest BCUT2D eigenvalue weighted by Gasteiger charge is 2.31. The number of imidazole rings is 1. The smallest absolute Gasteiger partial charge is 0.262 e. The fraction of sp³-hybridized carbons (Fsp3) is 0.611. The second-order valence-electron chi connectivity index (χ2n) is 7.45. The molecular weight excluding hydrogens is 378 g/mol. The lowest BCUT2D eigenvalue weighted by molar-refractivity contribution is 0.382. The van der Waals surface area contributed by atoms with E-state index in [-0.39, 0.29) is 5.03 Å². The summed E-state index contributed by atoms with van der Waals surface area (Å²) in [7, 11) is -1.76. The molecule has 2 aliphatic heterocycles. The average Bonchev–Trinajstić information content (AvgIpc) is 3.32. The third kappa shape index (κ3) is 3.58. The normalized spacial score (nSPS) is 18.8. The molecule has 2 aromatic rings. The fourth-order valence-electron chi connectivity index (χ4n) is 3.75. The van der Waals surface area contributed by atoms with Crippen LogP contribution in [-0.2, 0) is 17.1 Å². The number of aromatic nitrogens is 4. The van der Waals surface area contributed by atoms with Gasteiger partial charge in [0.15, 0.2) is 5.03 Å². The molecule has 4 heterocycles. The van der Waals surface area contributed by atoms with Crippen LogP contribution in [0.1, 0.15) is 24.5 Å². The summed E-state index contributed by atoms with van der Waals surface area (Å²) in [4.78, 5) is 17.8. The minimum Gasteiger partial charge on any atom is -0.356 e. The van der Waals surface area contributed by atoms with Gasteiger partial charge in [0.2, 0.25) is 0 Å². The summed E-state index contributed by atoms with van der Waals surface area (Å²) in [6, 6.07) is 2.03. The van der Waals surface area contributed by atoms with Crippen molar-refractivity contribution in [3.63, 3.8) is 0 Å². The van der Waals surface area contributed by atoms with Gasteiger partial charge in [-0.3, -0.25) is 0 Å². The summed E-state index contributed by atoms with van der Waals surface area (Å²) in [5.41, 5.74) is 0. The Morgan fingerprint density at radius 2 is 1.43 bits per heavy atom. The maximum absolute atomic E-state index is 12.9. The molecule has 2 aromatic heterocycles. The summed E-state index contributed by atoms with van der Waals surface area (Å²) < 4.78 is 29.0. The number of sulfonamides is 1. The van der Waals surface area contributed by atoms with E-state index in [1.54, 1.807) is 24.7 Å². The van der Waals surface area contributed by atoms with Crippen molar-refractivity contribution in [2.24, 2.45) is 7.05 Å². The van der Waals surface area contributed by atoms with Gasteiger partial charge >= 0.3 is 0 Å². The Morgan fingerprint density at radius 1 is 0.857 bits per heavy atom. The molecule has 0 N–H and O–H groups in total. The lowest BCUT2D eigenvalue weighted by Gasteiger charge is -2.34. The number of hydrogen-bond donors (Lipinski definition) is 0. The van der Waals surface area contributed by atoms with E-state index < -0.39 is 10.0 Å². The lowest BCUT2D eigenvalue weighted by Crippen LogP contribution is -2.49. The number of piperazine rings is 1. The van der Waals surface area contributed by atoms with Gasteiger partial charge in [-0.1, -0.05) is 0 Å². The fourth-order valence-corrected chi connectivity index (χ4v) is 5.19. The Balaban J connectivity index is 1.48. The molecule has 152 valence electrons. The summed E-state index contributed by atoms with van der Waals surface area (Å²) >= 11 is 0. The van der Waals surface area contributed by atoms with Gasteiger partial charge in [-0.05, 0) is 26.7 Å². The molecule has 0 bridgehead atoms. The molecule has 0 aromatic carbocycles. The topological polar surface area (TPSA) is 87.5 Å². The molecule has 0 amide bonds. The maximum atomic E-state index is 12.9. The number of hydrogen-bond acceptors (Lipinski definition) is 7. The first-order valence-corrected chi connectivity index (χ1v) is 11.1. The summed E-state index contributed by atoms with van der Waals surface area (Å²) in [6.45, 7) is 7.80. The molecule has 2 saturated heterocycles. The molecule has 10 heteroatoms. The van der Waals surface area contributed by atoms with E-state index in [2.05, 4.69) is 24.8 Å². The molecular formula is C18H27N7O2S. The van der Waals surface area contributed by atoms with Gasteiger partial charge in [0.25, 0.3) is 10.0 Å². The zero-order valence-corrected chi connectivity index (χ0v) is 17.5. The van der Waals surface area contributed by atoms with Gasteiger partial charge in [0, 0.05) is 58.6 Å². The molecule has 0 spiro atoms. The molecule has 28 heavy (non-hydrogen) atoms. The second-order valence-corrected chi connectivity index (χ2v) is 9.34. The van der Waals surface area contributed by atoms with E-state index in [9.17, 15) is 8.42 Å². The van der Waals surface area contributed by atoms with E-state index in [1.165, 1.54) is 17.1 Å². The lowest BCUT2D eigenvalue weighted by atomic mass is 10.3. The van der Waals surface area contributed by atoms with E-state index in [0.717, 1.165) is 30.5 Å².